The topological polar surface area (TPSA) is 84.6 Å². The summed E-state index contributed by atoms with van der Waals surface area (Å²) in [6.07, 6.45) is 3.16. The Morgan fingerprint density at radius 3 is 2.59 bits per heavy atom. The number of aromatic nitrogens is 3. The highest BCUT2D eigenvalue weighted by molar-refractivity contribution is 7.93. The molecule has 0 N–H and O–H groups in total. The van der Waals surface area contributed by atoms with E-state index in [0.29, 0.717) is 16.5 Å². The van der Waals surface area contributed by atoms with E-state index in [-0.39, 0.29) is 17.0 Å². The summed E-state index contributed by atoms with van der Waals surface area (Å²) < 4.78 is 28.9. The predicted octanol–water partition coefficient (Wildman–Crippen LogP) is 2.55. The van der Waals surface area contributed by atoms with Crippen molar-refractivity contribution in [2.24, 2.45) is 0 Å². The Morgan fingerprint density at radius 1 is 1.07 bits per heavy atom. The SMILES string of the molecule is O=c1cc(CN(c2nccs2)S(=O)(=O)c2ccccc2)nc2ccccn12. The number of rotatable bonds is 5. The highest BCUT2D eigenvalue weighted by Crippen LogP contribution is 2.27. The molecule has 0 spiro atoms. The summed E-state index contributed by atoms with van der Waals surface area (Å²) >= 11 is 1.20. The molecule has 0 unspecified atom stereocenters. The minimum Gasteiger partial charge on any atom is -0.269 e. The summed E-state index contributed by atoms with van der Waals surface area (Å²) in [6.45, 7) is -0.0919. The van der Waals surface area contributed by atoms with Crippen LogP contribution in [-0.4, -0.2) is 22.8 Å². The van der Waals surface area contributed by atoms with Crippen LogP contribution in [0.2, 0.25) is 0 Å². The van der Waals surface area contributed by atoms with Crippen molar-refractivity contribution in [1.29, 1.82) is 0 Å². The molecule has 0 saturated heterocycles. The van der Waals surface area contributed by atoms with E-state index in [1.807, 2.05) is 0 Å². The van der Waals surface area contributed by atoms with Gasteiger partial charge in [0.25, 0.3) is 15.6 Å². The van der Waals surface area contributed by atoms with Crippen LogP contribution in [0.4, 0.5) is 5.13 Å². The van der Waals surface area contributed by atoms with E-state index in [0.717, 1.165) is 0 Å². The molecule has 0 atom stereocenters. The molecule has 4 aromatic rings. The third-order valence-electron chi connectivity index (χ3n) is 3.89. The number of anilines is 1. The first-order valence-electron chi connectivity index (χ1n) is 8.00. The molecule has 1 aromatic carbocycles. The van der Waals surface area contributed by atoms with Gasteiger partial charge in [-0.25, -0.2) is 22.7 Å². The predicted molar refractivity (Wildman–Crippen MR) is 103 cm³/mol. The van der Waals surface area contributed by atoms with Gasteiger partial charge in [0.1, 0.15) is 5.65 Å². The summed E-state index contributed by atoms with van der Waals surface area (Å²) in [5.41, 5.74) is 0.531. The second-order valence-corrected chi connectivity index (χ2v) is 8.39. The average molecular weight is 398 g/mol. The minimum absolute atomic E-state index is 0.0919. The molecule has 0 amide bonds. The lowest BCUT2D eigenvalue weighted by molar-refractivity contribution is 0.589. The molecule has 0 bridgehead atoms. The molecule has 4 rings (SSSR count). The second-order valence-electron chi connectivity index (χ2n) is 5.65. The van der Waals surface area contributed by atoms with Gasteiger partial charge in [-0.3, -0.25) is 9.20 Å². The number of nitrogens with zero attached hydrogens (tertiary/aromatic N) is 4. The summed E-state index contributed by atoms with van der Waals surface area (Å²) in [6, 6.07) is 14.7. The van der Waals surface area contributed by atoms with Crippen molar-refractivity contribution < 1.29 is 8.42 Å². The third kappa shape index (κ3) is 3.34. The van der Waals surface area contributed by atoms with Crippen molar-refractivity contribution in [3.63, 3.8) is 0 Å². The Balaban J connectivity index is 1.81. The number of pyridine rings is 1. The largest absolute Gasteiger partial charge is 0.269 e. The van der Waals surface area contributed by atoms with E-state index in [2.05, 4.69) is 9.97 Å². The number of sulfonamides is 1. The Labute approximate surface area is 159 Å². The van der Waals surface area contributed by atoms with Gasteiger partial charge in [-0.15, -0.1) is 11.3 Å². The van der Waals surface area contributed by atoms with Crippen molar-refractivity contribution in [3.8, 4) is 0 Å². The molecule has 136 valence electrons. The summed E-state index contributed by atoms with van der Waals surface area (Å²) in [5.74, 6) is 0. The first-order chi connectivity index (χ1) is 13.1. The van der Waals surface area contributed by atoms with Crippen molar-refractivity contribution in [3.05, 3.63) is 88.4 Å². The van der Waals surface area contributed by atoms with E-state index in [9.17, 15) is 13.2 Å². The van der Waals surface area contributed by atoms with Crippen LogP contribution >= 0.6 is 11.3 Å². The first kappa shape index (κ1) is 17.4. The van der Waals surface area contributed by atoms with Gasteiger partial charge in [0, 0.05) is 23.8 Å². The third-order valence-corrected chi connectivity index (χ3v) is 6.55. The molecular weight excluding hydrogens is 384 g/mol. The molecule has 0 fully saturated rings. The number of benzene rings is 1. The fourth-order valence-corrected chi connectivity index (χ4v) is 4.93. The highest BCUT2D eigenvalue weighted by atomic mass is 32.2. The molecule has 0 aliphatic rings. The molecule has 0 saturated carbocycles. The molecule has 7 nitrogen and oxygen atoms in total. The molecule has 9 heteroatoms. The monoisotopic (exact) mass is 398 g/mol. The number of hydrogen-bond donors (Lipinski definition) is 0. The molecule has 0 aliphatic heterocycles. The van der Waals surface area contributed by atoms with Crippen LogP contribution in [0.1, 0.15) is 5.69 Å². The van der Waals surface area contributed by atoms with Crippen LogP contribution in [-0.2, 0) is 16.6 Å². The van der Waals surface area contributed by atoms with Gasteiger partial charge >= 0.3 is 0 Å². The van der Waals surface area contributed by atoms with E-state index in [4.69, 9.17) is 0 Å². The molecule has 3 heterocycles. The fourth-order valence-electron chi connectivity index (χ4n) is 2.65. The summed E-state index contributed by atoms with van der Waals surface area (Å²) in [7, 11) is -3.86. The van der Waals surface area contributed by atoms with E-state index >= 15 is 0 Å². The van der Waals surface area contributed by atoms with Crippen LogP contribution < -0.4 is 9.86 Å². The quantitative estimate of drug-likeness (QED) is 0.516. The van der Waals surface area contributed by atoms with Crippen LogP contribution in [0.3, 0.4) is 0 Å². The zero-order valence-electron chi connectivity index (χ0n) is 14.0. The number of thiazole rings is 1. The van der Waals surface area contributed by atoms with Gasteiger partial charge in [-0.1, -0.05) is 24.3 Å². The van der Waals surface area contributed by atoms with Crippen molar-refractivity contribution >= 4 is 32.1 Å². The van der Waals surface area contributed by atoms with Crippen molar-refractivity contribution in [1.82, 2.24) is 14.4 Å². The van der Waals surface area contributed by atoms with Crippen LogP contribution in [0.5, 0.6) is 0 Å². The smallest absolute Gasteiger partial charge is 0.266 e. The van der Waals surface area contributed by atoms with Gasteiger partial charge in [-0.2, -0.15) is 0 Å². The molecule has 0 radical (unpaired) electrons. The summed E-state index contributed by atoms with van der Waals surface area (Å²) in [4.78, 5) is 21.0. The van der Waals surface area contributed by atoms with Crippen molar-refractivity contribution in [2.45, 2.75) is 11.4 Å². The maximum atomic E-state index is 13.2. The van der Waals surface area contributed by atoms with E-state index in [1.54, 1.807) is 48.0 Å². The van der Waals surface area contributed by atoms with Gasteiger partial charge in [0.05, 0.1) is 17.1 Å². The number of fused-ring (bicyclic) bond motifs is 1. The lowest BCUT2D eigenvalue weighted by atomic mass is 10.3. The number of hydrogen-bond acceptors (Lipinski definition) is 6. The zero-order chi connectivity index (χ0) is 18.9. The maximum Gasteiger partial charge on any atom is 0.266 e. The fraction of sp³-hybridized carbons (Fsp3) is 0.0556. The van der Waals surface area contributed by atoms with E-state index in [1.165, 1.54) is 44.4 Å². The Bertz CT molecular complexity index is 1240. The lowest BCUT2D eigenvalue weighted by Crippen LogP contribution is -2.31. The van der Waals surface area contributed by atoms with Crippen LogP contribution in [0.15, 0.2) is 82.1 Å². The standard InChI is InChI=1S/C18H14N4O3S2/c23-17-12-14(20-16-8-4-5-10-21(16)17)13-22(18-19-9-11-26-18)27(24,25)15-6-2-1-3-7-15/h1-12H,13H2. The Hall–Kier alpha value is -3.04. The van der Waals surface area contributed by atoms with Gasteiger partial charge in [-0.05, 0) is 24.3 Å². The first-order valence-corrected chi connectivity index (χ1v) is 10.3. The maximum absolute atomic E-state index is 13.2. The highest BCUT2D eigenvalue weighted by Gasteiger charge is 2.27. The molecule has 3 aromatic heterocycles. The average Bonchev–Trinajstić information content (AvgIpc) is 3.21. The lowest BCUT2D eigenvalue weighted by Gasteiger charge is -2.21. The summed E-state index contributed by atoms with van der Waals surface area (Å²) in [5, 5.41) is 2.01. The van der Waals surface area contributed by atoms with Crippen molar-refractivity contribution in [2.75, 3.05) is 4.31 Å². The minimum atomic E-state index is -3.86. The second kappa shape index (κ2) is 6.93. The Kier molecular flexibility index (Phi) is 4.46. The van der Waals surface area contributed by atoms with Gasteiger partial charge in [0.2, 0.25) is 0 Å². The molecule has 0 aliphatic carbocycles. The zero-order valence-corrected chi connectivity index (χ0v) is 15.6. The van der Waals surface area contributed by atoms with Gasteiger partial charge in [0.15, 0.2) is 5.13 Å². The van der Waals surface area contributed by atoms with Gasteiger partial charge < -0.3 is 0 Å². The van der Waals surface area contributed by atoms with Crippen LogP contribution in [0, 0.1) is 0 Å². The van der Waals surface area contributed by atoms with Crippen LogP contribution in [0.25, 0.3) is 5.65 Å². The van der Waals surface area contributed by atoms with E-state index < -0.39 is 10.0 Å². The molecular formula is C18H14N4O3S2. The molecule has 27 heavy (non-hydrogen) atoms. The normalized spacial score (nSPS) is 11.6. The Morgan fingerprint density at radius 2 is 1.85 bits per heavy atom.